The minimum Gasteiger partial charge on any atom is -0.387 e. The molecule has 1 saturated heterocycles. The lowest BCUT2D eigenvalue weighted by molar-refractivity contribution is -0.0619. The summed E-state index contributed by atoms with van der Waals surface area (Å²) in [5, 5.41) is 10.7. The third kappa shape index (κ3) is 4.82. The molecule has 0 aromatic carbocycles. The van der Waals surface area contributed by atoms with Crippen molar-refractivity contribution >= 4 is 7.60 Å². The molecule has 0 radical (unpaired) electrons. The second-order valence-electron chi connectivity index (χ2n) is 6.77. The Morgan fingerprint density at radius 3 is 2.46 bits per heavy atom. The minimum atomic E-state index is -3.35. The average molecular weight is 420 g/mol. The molecule has 0 amide bonds. The van der Waals surface area contributed by atoms with Gasteiger partial charge in [0.25, 0.3) is 5.56 Å². The van der Waals surface area contributed by atoms with E-state index in [1.807, 2.05) is 0 Å². The van der Waals surface area contributed by atoms with Crippen LogP contribution in [0.5, 0.6) is 0 Å². The molecule has 1 aliphatic heterocycles. The van der Waals surface area contributed by atoms with Crippen molar-refractivity contribution in [2.24, 2.45) is 5.92 Å². The van der Waals surface area contributed by atoms with Crippen LogP contribution in [0, 0.1) is 12.8 Å². The van der Waals surface area contributed by atoms with E-state index in [0.29, 0.717) is 5.56 Å². The van der Waals surface area contributed by atoms with Gasteiger partial charge in [-0.1, -0.05) is 6.92 Å². The molecule has 2 rings (SSSR count). The number of nitrogens with zero attached hydrogens (tertiary/aromatic N) is 1. The Bertz CT molecular complexity index is 812. The quantitative estimate of drug-likeness (QED) is 0.567. The lowest BCUT2D eigenvalue weighted by atomic mass is 10.00. The highest BCUT2D eigenvalue weighted by atomic mass is 31.2. The maximum atomic E-state index is 12.8. The fraction of sp³-hybridized carbons (Fsp3) is 0.765. The van der Waals surface area contributed by atoms with Gasteiger partial charge >= 0.3 is 13.3 Å². The molecule has 2 N–H and O–H groups in total. The summed E-state index contributed by atoms with van der Waals surface area (Å²) in [7, 11) is -1.95. The van der Waals surface area contributed by atoms with Crippen LogP contribution >= 0.6 is 7.60 Å². The van der Waals surface area contributed by atoms with Gasteiger partial charge in [0.05, 0.1) is 25.5 Å². The Kier molecular flexibility index (Phi) is 7.78. The number of aromatic amines is 1. The third-order valence-electron chi connectivity index (χ3n) is 4.67. The largest absolute Gasteiger partial charge is 0.387 e. The van der Waals surface area contributed by atoms with Crippen LogP contribution in [-0.2, 0) is 23.1 Å². The van der Waals surface area contributed by atoms with Crippen LogP contribution in [-0.4, -0.2) is 59.5 Å². The number of hydrogen-bond donors (Lipinski definition) is 2. The second kappa shape index (κ2) is 9.47. The second-order valence-corrected chi connectivity index (χ2v) is 8.87. The Morgan fingerprint density at radius 2 is 1.93 bits per heavy atom. The summed E-state index contributed by atoms with van der Waals surface area (Å²) in [4.78, 5) is 26.1. The van der Waals surface area contributed by atoms with E-state index in [9.17, 15) is 19.3 Å². The summed E-state index contributed by atoms with van der Waals surface area (Å²) >= 11 is 0. The standard InChI is InChI=1S/C17H29N2O8P/c1-6-25-28(23,26-7-2)9-11(4)13-12(20)14(24-5)16(27-13)19-8-10(3)15(21)18-17(19)22/h8,11-14,16,20H,6-7,9H2,1-5H3,(H,18,21,22)/t11-,12+,13?,14+,16-/m0/s1. The van der Waals surface area contributed by atoms with E-state index in [0.717, 1.165) is 0 Å². The molecule has 10 nitrogen and oxygen atoms in total. The van der Waals surface area contributed by atoms with Gasteiger partial charge in [-0.15, -0.1) is 0 Å². The van der Waals surface area contributed by atoms with Crippen LogP contribution in [0.4, 0.5) is 0 Å². The highest BCUT2D eigenvalue weighted by Gasteiger charge is 2.48. The first-order valence-corrected chi connectivity index (χ1v) is 11.0. The molecule has 1 aromatic heterocycles. The number of methoxy groups -OCH3 is 1. The van der Waals surface area contributed by atoms with E-state index in [1.54, 1.807) is 27.7 Å². The fourth-order valence-corrected chi connectivity index (χ4v) is 5.38. The smallest absolute Gasteiger partial charge is 0.331 e. The normalized spacial score (nSPS) is 26.5. The molecule has 0 bridgehead atoms. The van der Waals surface area contributed by atoms with Crippen molar-refractivity contribution in [2.45, 2.75) is 52.2 Å². The molecule has 2 heterocycles. The molecular weight excluding hydrogens is 391 g/mol. The third-order valence-corrected chi connectivity index (χ3v) is 6.99. The summed E-state index contributed by atoms with van der Waals surface area (Å²) < 4.78 is 35.9. The zero-order valence-corrected chi connectivity index (χ0v) is 17.7. The first kappa shape index (κ1) is 23.0. The molecule has 0 spiro atoms. The lowest BCUT2D eigenvalue weighted by Gasteiger charge is -2.26. The van der Waals surface area contributed by atoms with Crippen LogP contribution in [0.15, 0.2) is 15.8 Å². The fourth-order valence-electron chi connectivity index (χ4n) is 3.39. The van der Waals surface area contributed by atoms with Gasteiger partial charge in [-0.25, -0.2) is 4.79 Å². The zero-order valence-electron chi connectivity index (χ0n) is 16.8. The van der Waals surface area contributed by atoms with Crippen LogP contribution in [0.3, 0.4) is 0 Å². The van der Waals surface area contributed by atoms with Gasteiger partial charge in [-0.05, 0) is 26.7 Å². The molecule has 0 saturated carbocycles. The number of hydrogen-bond acceptors (Lipinski definition) is 8. The number of nitrogens with one attached hydrogen (secondary N) is 1. The molecule has 28 heavy (non-hydrogen) atoms. The van der Waals surface area contributed by atoms with Crippen molar-refractivity contribution in [1.29, 1.82) is 0 Å². The molecular formula is C17H29N2O8P. The topological polar surface area (TPSA) is 129 Å². The van der Waals surface area contributed by atoms with Gasteiger partial charge in [-0.3, -0.25) is 18.9 Å². The van der Waals surface area contributed by atoms with Crippen molar-refractivity contribution in [2.75, 3.05) is 26.5 Å². The van der Waals surface area contributed by atoms with Gasteiger partial charge in [0.1, 0.15) is 12.2 Å². The lowest BCUT2D eigenvalue weighted by Crippen LogP contribution is -2.40. The van der Waals surface area contributed by atoms with E-state index in [-0.39, 0.29) is 19.4 Å². The number of ether oxygens (including phenoxy) is 2. The van der Waals surface area contributed by atoms with E-state index in [1.165, 1.54) is 17.9 Å². The average Bonchev–Trinajstić information content (AvgIpc) is 2.94. The Balaban J connectivity index is 2.29. The maximum Gasteiger partial charge on any atom is 0.331 e. The van der Waals surface area contributed by atoms with Gasteiger partial charge in [0.2, 0.25) is 0 Å². The summed E-state index contributed by atoms with van der Waals surface area (Å²) in [6, 6.07) is 0. The number of H-pyrrole nitrogens is 1. The Morgan fingerprint density at radius 1 is 1.32 bits per heavy atom. The van der Waals surface area contributed by atoms with Crippen molar-refractivity contribution in [1.82, 2.24) is 9.55 Å². The summed E-state index contributed by atoms with van der Waals surface area (Å²) in [5.74, 6) is -0.416. The van der Waals surface area contributed by atoms with E-state index >= 15 is 0 Å². The summed E-state index contributed by atoms with van der Waals surface area (Å²) in [6.45, 7) is 7.22. The highest BCUT2D eigenvalue weighted by molar-refractivity contribution is 7.53. The summed E-state index contributed by atoms with van der Waals surface area (Å²) in [6.07, 6.45) is -2.26. The molecule has 11 heteroatoms. The predicted molar refractivity (Wildman–Crippen MR) is 102 cm³/mol. The Labute approximate surface area is 163 Å². The molecule has 1 unspecified atom stereocenters. The summed E-state index contributed by atoms with van der Waals surface area (Å²) in [5.41, 5.74) is -0.841. The van der Waals surface area contributed by atoms with Crippen LogP contribution in [0.2, 0.25) is 0 Å². The van der Waals surface area contributed by atoms with Crippen LogP contribution in [0.1, 0.15) is 32.6 Å². The monoisotopic (exact) mass is 420 g/mol. The minimum absolute atomic E-state index is 0.0408. The highest BCUT2D eigenvalue weighted by Crippen LogP contribution is 2.51. The maximum absolute atomic E-state index is 12.8. The van der Waals surface area contributed by atoms with Gasteiger partial charge < -0.3 is 23.6 Å². The molecule has 160 valence electrons. The van der Waals surface area contributed by atoms with E-state index < -0.39 is 49.3 Å². The number of aliphatic hydroxyl groups is 1. The van der Waals surface area contributed by atoms with E-state index in [2.05, 4.69) is 4.98 Å². The molecule has 1 aliphatic rings. The number of aryl methyl sites for hydroxylation is 1. The van der Waals surface area contributed by atoms with Crippen molar-refractivity contribution in [3.63, 3.8) is 0 Å². The van der Waals surface area contributed by atoms with Crippen molar-refractivity contribution < 1.29 is 28.2 Å². The molecule has 1 fully saturated rings. The first-order chi connectivity index (χ1) is 13.2. The zero-order chi connectivity index (χ0) is 21.1. The molecule has 1 aromatic rings. The first-order valence-electron chi connectivity index (χ1n) is 9.23. The van der Waals surface area contributed by atoms with Crippen molar-refractivity contribution in [3.05, 3.63) is 32.6 Å². The van der Waals surface area contributed by atoms with Gasteiger partial charge in [0, 0.05) is 18.9 Å². The van der Waals surface area contributed by atoms with Gasteiger partial charge in [-0.2, -0.15) is 0 Å². The SMILES string of the molecule is CCOP(=O)(C[C@H](C)C1O[C@H](n2cc(C)c(=O)[nH]c2=O)[C@H](OC)[C@@H]1O)OCC. The molecule has 0 aliphatic carbocycles. The number of aliphatic hydroxyl groups excluding tert-OH is 1. The number of rotatable bonds is 9. The van der Waals surface area contributed by atoms with E-state index in [4.69, 9.17) is 18.5 Å². The molecule has 5 atom stereocenters. The Hall–Kier alpha value is -1.29. The number of aromatic nitrogens is 2. The van der Waals surface area contributed by atoms with Crippen LogP contribution < -0.4 is 11.2 Å². The predicted octanol–water partition coefficient (Wildman–Crippen LogP) is 1.02. The van der Waals surface area contributed by atoms with Crippen LogP contribution in [0.25, 0.3) is 0 Å². The van der Waals surface area contributed by atoms with Crippen molar-refractivity contribution in [3.8, 4) is 0 Å². The van der Waals surface area contributed by atoms with Gasteiger partial charge in [0.15, 0.2) is 6.23 Å².